The molecule has 4 heteroatoms. The van der Waals surface area contributed by atoms with Gasteiger partial charge in [-0.05, 0) is 30.8 Å². The Balaban J connectivity index is 2.00. The Hall–Kier alpha value is -2.07. The van der Waals surface area contributed by atoms with Crippen LogP contribution in [0.25, 0.3) is 0 Å². The Morgan fingerprint density at radius 2 is 1.86 bits per heavy atom. The van der Waals surface area contributed by atoms with Gasteiger partial charge in [-0.15, -0.1) is 0 Å². The minimum absolute atomic E-state index is 0.795. The van der Waals surface area contributed by atoms with Crippen LogP contribution in [0.1, 0.15) is 11.3 Å². The maximum atomic E-state index is 5.23. The molecule has 2 rings (SSSR count). The van der Waals surface area contributed by atoms with E-state index in [1.165, 1.54) is 11.3 Å². The van der Waals surface area contributed by atoms with Gasteiger partial charge in [-0.25, -0.2) is 0 Å². The standard InChI is InChI=1S/C17H23N3O/c1-19(2)16-7-5-6-14(10-16)12-20(3)13-15-11-17(21-4)8-9-18-15/h5-11H,12-13H2,1-4H3. The van der Waals surface area contributed by atoms with E-state index in [1.807, 2.05) is 12.1 Å². The molecule has 0 spiro atoms. The van der Waals surface area contributed by atoms with Crippen LogP contribution in [-0.2, 0) is 13.1 Å². The summed E-state index contributed by atoms with van der Waals surface area (Å²) in [4.78, 5) is 8.75. The van der Waals surface area contributed by atoms with Crippen molar-refractivity contribution in [3.05, 3.63) is 53.9 Å². The Kier molecular flexibility index (Phi) is 5.17. The van der Waals surface area contributed by atoms with Crippen LogP contribution in [0.5, 0.6) is 5.75 Å². The highest BCUT2D eigenvalue weighted by Crippen LogP contribution is 2.16. The minimum atomic E-state index is 0.795. The van der Waals surface area contributed by atoms with E-state index >= 15 is 0 Å². The smallest absolute Gasteiger partial charge is 0.122 e. The van der Waals surface area contributed by atoms with Crippen LogP contribution < -0.4 is 9.64 Å². The fraction of sp³-hybridized carbons (Fsp3) is 0.353. The fourth-order valence-corrected chi connectivity index (χ4v) is 2.25. The van der Waals surface area contributed by atoms with E-state index in [0.717, 1.165) is 24.5 Å². The molecule has 0 bridgehead atoms. The Labute approximate surface area is 127 Å². The summed E-state index contributed by atoms with van der Waals surface area (Å²) in [5.74, 6) is 0.850. The van der Waals surface area contributed by atoms with Crippen molar-refractivity contribution < 1.29 is 4.74 Å². The molecule has 0 atom stereocenters. The molecule has 0 unspecified atom stereocenters. The highest BCUT2D eigenvalue weighted by atomic mass is 16.5. The first-order valence-electron chi connectivity index (χ1n) is 7.02. The molecule has 0 saturated heterocycles. The number of pyridine rings is 1. The number of hydrogen-bond acceptors (Lipinski definition) is 4. The molecule has 0 radical (unpaired) electrons. The molecule has 0 aliphatic heterocycles. The van der Waals surface area contributed by atoms with Crippen molar-refractivity contribution in [2.45, 2.75) is 13.1 Å². The maximum absolute atomic E-state index is 5.23. The SMILES string of the molecule is COc1ccnc(CN(C)Cc2cccc(N(C)C)c2)c1. The molecule has 1 heterocycles. The van der Waals surface area contributed by atoms with Gasteiger partial charge in [-0.2, -0.15) is 0 Å². The molecule has 4 nitrogen and oxygen atoms in total. The van der Waals surface area contributed by atoms with E-state index in [0.29, 0.717) is 0 Å². The Bertz CT molecular complexity index is 584. The summed E-state index contributed by atoms with van der Waals surface area (Å²) in [6.45, 7) is 1.68. The third kappa shape index (κ3) is 4.46. The first kappa shape index (κ1) is 15.3. The lowest BCUT2D eigenvalue weighted by Crippen LogP contribution is -2.18. The lowest BCUT2D eigenvalue weighted by atomic mass is 10.2. The van der Waals surface area contributed by atoms with Gasteiger partial charge in [0.1, 0.15) is 5.75 Å². The molecule has 1 aromatic carbocycles. The van der Waals surface area contributed by atoms with Gasteiger partial charge in [0.25, 0.3) is 0 Å². The van der Waals surface area contributed by atoms with Crippen LogP contribution in [0.15, 0.2) is 42.6 Å². The van der Waals surface area contributed by atoms with Gasteiger partial charge in [-0.3, -0.25) is 9.88 Å². The number of benzene rings is 1. The van der Waals surface area contributed by atoms with Gasteiger partial charge in [0.15, 0.2) is 0 Å². The van der Waals surface area contributed by atoms with E-state index in [2.05, 4.69) is 60.2 Å². The van der Waals surface area contributed by atoms with E-state index in [-0.39, 0.29) is 0 Å². The van der Waals surface area contributed by atoms with E-state index in [9.17, 15) is 0 Å². The normalized spacial score (nSPS) is 10.7. The number of hydrogen-bond donors (Lipinski definition) is 0. The number of aromatic nitrogens is 1. The molecular weight excluding hydrogens is 262 g/mol. The van der Waals surface area contributed by atoms with Gasteiger partial charge in [0.2, 0.25) is 0 Å². The maximum Gasteiger partial charge on any atom is 0.122 e. The predicted octanol–water partition coefficient (Wildman–Crippen LogP) is 2.79. The Morgan fingerprint density at radius 1 is 1.05 bits per heavy atom. The number of nitrogens with zero attached hydrogens (tertiary/aromatic N) is 3. The summed E-state index contributed by atoms with van der Waals surface area (Å²) in [6, 6.07) is 12.4. The van der Waals surface area contributed by atoms with E-state index in [4.69, 9.17) is 4.74 Å². The van der Waals surface area contributed by atoms with Gasteiger partial charge < -0.3 is 9.64 Å². The summed E-state index contributed by atoms with van der Waals surface area (Å²) >= 11 is 0. The third-order valence-corrected chi connectivity index (χ3v) is 3.34. The van der Waals surface area contributed by atoms with E-state index < -0.39 is 0 Å². The van der Waals surface area contributed by atoms with Crippen LogP contribution in [0.2, 0.25) is 0 Å². The first-order chi connectivity index (χ1) is 10.1. The number of ether oxygens (including phenoxy) is 1. The summed E-state index contributed by atoms with van der Waals surface area (Å²) in [5, 5.41) is 0. The van der Waals surface area contributed by atoms with Crippen molar-refractivity contribution in [3.8, 4) is 5.75 Å². The Morgan fingerprint density at radius 3 is 2.57 bits per heavy atom. The number of anilines is 1. The fourth-order valence-electron chi connectivity index (χ4n) is 2.25. The quantitative estimate of drug-likeness (QED) is 0.816. The zero-order chi connectivity index (χ0) is 15.2. The van der Waals surface area contributed by atoms with E-state index in [1.54, 1.807) is 13.3 Å². The largest absolute Gasteiger partial charge is 0.497 e. The molecule has 0 saturated carbocycles. The molecule has 1 aromatic heterocycles. The van der Waals surface area contributed by atoms with Gasteiger partial charge in [-0.1, -0.05) is 12.1 Å². The third-order valence-electron chi connectivity index (χ3n) is 3.34. The topological polar surface area (TPSA) is 28.6 Å². The highest BCUT2D eigenvalue weighted by Gasteiger charge is 2.05. The monoisotopic (exact) mass is 285 g/mol. The van der Waals surface area contributed by atoms with Crippen molar-refractivity contribution in [2.75, 3.05) is 33.2 Å². The second-order valence-electron chi connectivity index (χ2n) is 5.42. The van der Waals surface area contributed by atoms with Gasteiger partial charge in [0.05, 0.1) is 12.8 Å². The highest BCUT2D eigenvalue weighted by molar-refractivity contribution is 5.47. The molecule has 0 aliphatic rings. The van der Waals surface area contributed by atoms with Crippen LogP contribution in [-0.4, -0.2) is 38.1 Å². The average molecular weight is 285 g/mol. The summed E-state index contributed by atoms with van der Waals surface area (Å²) in [5.41, 5.74) is 3.53. The predicted molar refractivity (Wildman–Crippen MR) is 86.7 cm³/mol. The zero-order valence-electron chi connectivity index (χ0n) is 13.2. The summed E-state index contributed by atoms with van der Waals surface area (Å²) < 4.78 is 5.23. The molecule has 0 aliphatic carbocycles. The molecule has 112 valence electrons. The number of rotatable bonds is 6. The second kappa shape index (κ2) is 7.09. The van der Waals surface area contributed by atoms with Crippen LogP contribution >= 0.6 is 0 Å². The van der Waals surface area contributed by atoms with Crippen molar-refractivity contribution in [1.82, 2.24) is 9.88 Å². The van der Waals surface area contributed by atoms with Crippen LogP contribution in [0.3, 0.4) is 0 Å². The molecule has 0 fully saturated rings. The minimum Gasteiger partial charge on any atom is -0.497 e. The molecular formula is C17H23N3O. The lowest BCUT2D eigenvalue weighted by molar-refractivity contribution is 0.314. The van der Waals surface area contributed by atoms with Crippen molar-refractivity contribution >= 4 is 5.69 Å². The van der Waals surface area contributed by atoms with Crippen LogP contribution in [0, 0.1) is 0 Å². The molecule has 0 N–H and O–H groups in total. The lowest BCUT2D eigenvalue weighted by Gasteiger charge is -2.18. The summed E-state index contributed by atoms with van der Waals surface area (Å²) in [7, 11) is 7.89. The average Bonchev–Trinajstić information content (AvgIpc) is 2.47. The zero-order valence-corrected chi connectivity index (χ0v) is 13.2. The van der Waals surface area contributed by atoms with Crippen molar-refractivity contribution in [3.63, 3.8) is 0 Å². The molecule has 2 aromatic rings. The van der Waals surface area contributed by atoms with Crippen molar-refractivity contribution in [1.29, 1.82) is 0 Å². The molecule has 21 heavy (non-hydrogen) atoms. The van der Waals surface area contributed by atoms with Gasteiger partial charge >= 0.3 is 0 Å². The van der Waals surface area contributed by atoms with Crippen LogP contribution in [0.4, 0.5) is 5.69 Å². The van der Waals surface area contributed by atoms with Crippen molar-refractivity contribution in [2.24, 2.45) is 0 Å². The second-order valence-corrected chi connectivity index (χ2v) is 5.42. The van der Waals surface area contributed by atoms with Gasteiger partial charge in [0, 0.05) is 45.1 Å². The molecule has 0 amide bonds. The number of methoxy groups -OCH3 is 1. The summed E-state index contributed by atoms with van der Waals surface area (Å²) in [6.07, 6.45) is 1.79. The first-order valence-corrected chi connectivity index (χ1v) is 7.02.